The van der Waals surface area contributed by atoms with Crippen LogP contribution in [0.15, 0.2) is 11.2 Å². The molecule has 4 atom stereocenters. The molecule has 5 N–H and O–H groups in total. The number of nitrogens with two attached hydrogens (primary N) is 1. The Balaban J connectivity index is 2.18. The van der Waals surface area contributed by atoms with Crippen LogP contribution in [-0.4, -0.2) is 54.9 Å². The maximum absolute atomic E-state index is 11.4. The number of aryl methyl sites for hydroxylation is 1. The molecule has 0 bridgehead atoms. The molecule has 2 unspecified atom stereocenters. The summed E-state index contributed by atoms with van der Waals surface area (Å²) in [6, 6.07) is -0.494. The summed E-state index contributed by atoms with van der Waals surface area (Å²) in [6.45, 7) is 11.1. The lowest BCUT2D eigenvalue weighted by Gasteiger charge is -2.22. The van der Waals surface area contributed by atoms with E-state index in [2.05, 4.69) is 41.4 Å². The number of hydrogen-bond acceptors (Lipinski definition) is 7. The predicted molar refractivity (Wildman–Crippen MR) is 155 cm³/mol. The standard InChI is InChI=1S/C27H51N7O2S/c1-6-14-23(7-2)37-27(29)30-18-21(5)17-22-19-34(33-32-22)16-13-11-9-8-10-12-15-24(35)31-25(20(3)4)26(28)36/h18-21,23-25,29,31,35H,6-17H2,1-5H3,(H2,28,36)/t21-,23?,24?,25+/m1/s1. The number of aliphatic hydroxyl groups excluding tert-OH is 1. The van der Waals surface area contributed by atoms with Crippen molar-refractivity contribution in [3.63, 3.8) is 0 Å². The van der Waals surface area contributed by atoms with Gasteiger partial charge in [0, 0.05) is 30.6 Å². The Labute approximate surface area is 228 Å². The van der Waals surface area contributed by atoms with E-state index in [0.717, 1.165) is 76.4 Å². The van der Waals surface area contributed by atoms with Crippen LogP contribution in [0.1, 0.15) is 105 Å². The number of thioether (sulfide) groups is 1. The van der Waals surface area contributed by atoms with E-state index < -0.39 is 18.2 Å². The average Bonchev–Trinajstić information content (AvgIpc) is 3.29. The summed E-state index contributed by atoms with van der Waals surface area (Å²) in [5.74, 6) is -0.159. The summed E-state index contributed by atoms with van der Waals surface area (Å²) in [5, 5.41) is 30.6. The van der Waals surface area contributed by atoms with E-state index in [1.807, 2.05) is 30.9 Å². The maximum Gasteiger partial charge on any atom is 0.234 e. The van der Waals surface area contributed by atoms with Crippen LogP contribution in [0.4, 0.5) is 0 Å². The first-order chi connectivity index (χ1) is 17.7. The molecule has 0 aromatic carbocycles. The number of rotatable bonds is 20. The van der Waals surface area contributed by atoms with Gasteiger partial charge in [-0.15, -0.1) is 5.10 Å². The van der Waals surface area contributed by atoms with E-state index in [1.165, 1.54) is 0 Å². The number of unbranched alkanes of at least 4 members (excludes halogenated alkanes) is 5. The third-order valence-electron chi connectivity index (χ3n) is 6.37. The summed E-state index contributed by atoms with van der Waals surface area (Å²) in [7, 11) is 0. The van der Waals surface area contributed by atoms with Crippen molar-refractivity contribution in [1.29, 1.82) is 5.41 Å². The van der Waals surface area contributed by atoms with Crippen LogP contribution in [0.5, 0.6) is 0 Å². The van der Waals surface area contributed by atoms with E-state index in [1.54, 1.807) is 11.8 Å². The minimum atomic E-state index is -0.694. The topological polar surface area (TPSA) is 142 Å². The number of aliphatic imine (C=N–C) groups is 1. The van der Waals surface area contributed by atoms with Gasteiger partial charge in [-0.3, -0.25) is 20.2 Å². The number of hydrogen-bond donors (Lipinski definition) is 4. The highest BCUT2D eigenvalue weighted by Crippen LogP contribution is 2.21. The number of primary amides is 1. The lowest BCUT2D eigenvalue weighted by Crippen LogP contribution is -2.49. The molecule has 1 aromatic heterocycles. The highest BCUT2D eigenvalue weighted by Gasteiger charge is 2.21. The minimum Gasteiger partial charge on any atom is -0.379 e. The van der Waals surface area contributed by atoms with E-state index in [0.29, 0.717) is 16.8 Å². The first-order valence-corrected chi connectivity index (χ1v) is 15.0. The van der Waals surface area contributed by atoms with Crippen LogP contribution in [0.2, 0.25) is 0 Å². The number of aromatic nitrogens is 3. The summed E-state index contributed by atoms with van der Waals surface area (Å²) in [5.41, 5.74) is 6.34. The molecule has 0 aliphatic carbocycles. The number of nitrogens with zero attached hydrogens (tertiary/aromatic N) is 4. The van der Waals surface area contributed by atoms with E-state index in [-0.39, 0.29) is 11.8 Å². The molecule has 1 aromatic rings. The number of amides is 1. The molecule has 0 aliphatic rings. The number of carbonyl (C=O) groups is 1. The third kappa shape index (κ3) is 15.3. The lowest BCUT2D eigenvalue weighted by molar-refractivity contribution is -0.122. The van der Waals surface area contributed by atoms with Crippen molar-refractivity contribution in [2.45, 2.75) is 129 Å². The Kier molecular flexibility index (Phi) is 17.4. The molecule has 37 heavy (non-hydrogen) atoms. The van der Waals surface area contributed by atoms with Gasteiger partial charge in [-0.2, -0.15) is 0 Å². The second-order valence-electron chi connectivity index (χ2n) is 10.4. The second kappa shape index (κ2) is 19.3. The van der Waals surface area contributed by atoms with Gasteiger partial charge in [-0.1, -0.05) is 83.7 Å². The average molecular weight is 538 g/mol. The molecule has 0 saturated heterocycles. The summed E-state index contributed by atoms with van der Waals surface area (Å²) < 4.78 is 1.92. The normalized spacial score (nSPS) is 15.2. The Morgan fingerprint density at radius 1 is 1.19 bits per heavy atom. The fourth-order valence-electron chi connectivity index (χ4n) is 4.19. The van der Waals surface area contributed by atoms with Gasteiger partial charge in [0.2, 0.25) is 5.91 Å². The van der Waals surface area contributed by atoms with Crippen molar-refractivity contribution in [2.75, 3.05) is 0 Å². The van der Waals surface area contributed by atoms with Gasteiger partial charge in [-0.25, -0.2) is 4.99 Å². The predicted octanol–water partition coefficient (Wildman–Crippen LogP) is 4.92. The molecule has 1 amide bonds. The Hall–Kier alpha value is -1.78. The fraction of sp³-hybridized carbons (Fsp3) is 0.815. The second-order valence-corrected chi connectivity index (χ2v) is 11.7. The fourth-order valence-corrected chi connectivity index (χ4v) is 5.15. The SMILES string of the molecule is CCCC(CC)SC(=N)N=C[C@H](C)Cc1cn(CCCCCCCCC(O)N[C@H](C(N)=O)C(C)C)nn1. The molecule has 0 radical (unpaired) electrons. The molecule has 0 fully saturated rings. The Morgan fingerprint density at radius 2 is 1.86 bits per heavy atom. The summed E-state index contributed by atoms with van der Waals surface area (Å²) in [6.07, 6.45) is 14.3. The molecule has 0 saturated carbocycles. The largest absolute Gasteiger partial charge is 0.379 e. The van der Waals surface area contributed by atoms with Crippen molar-refractivity contribution in [3.05, 3.63) is 11.9 Å². The molecule has 10 heteroatoms. The van der Waals surface area contributed by atoms with E-state index in [9.17, 15) is 9.90 Å². The van der Waals surface area contributed by atoms with Crippen LogP contribution < -0.4 is 11.1 Å². The quantitative estimate of drug-likeness (QED) is 0.0804. The van der Waals surface area contributed by atoms with Crippen LogP contribution in [0, 0.1) is 17.2 Å². The van der Waals surface area contributed by atoms with Crippen molar-refractivity contribution in [2.24, 2.45) is 22.6 Å². The van der Waals surface area contributed by atoms with Gasteiger partial charge in [-0.05, 0) is 43.9 Å². The van der Waals surface area contributed by atoms with Gasteiger partial charge < -0.3 is 10.8 Å². The zero-order valence-corrected chi connectivity index (χ0v) is 24.5. The molecular formula is C27H51N7O2S. The van der Waals surface area contributed by atoms with Crippen LogP contribution in [-0.2, 0) is 17.8 Å². The third-order valence-corrected chi connectivity index (χ3v) is 7.60. The first kappa shape index (κ1) is 33.2. The Bertz CT molecular complexity index is 799. The van der Waals surface area contributed by atoms with E-state index >= 15 is 0 Å². The summed E-state index contributed by atoms with van der Waals surface area (Å²) in [4.78, 5) is 15.8. The van der Waals surface area contributed by atoms with Crippen LogP contribution >= 0.6 is 11.8 Å². The number of aliphatic hydroxyl groups is 1. The first-order valence-electron chi connectivity index (χ1n) is 14.1. The van der Waals surface area contributed by atoms with Crippen LogP contribution in [0.25, 0.3) is 0 Å². The van der Waals surface area contributed by atoms with Gasteiger partial charge in [0.1, 0.15) is 6.23 Å². The molecule has 1 rings (SSSR count). The van der Waals surface area contributed by atoms with Crippen molar-refractivity contribution >= 4 is 29.1 Å². The molecule has 9 nitrogen and oxygen atoms in total. The molecule has 0 spiro atoms. The highest BCUT2D eigenvalue weighted by atomic mass is 32.2. The van der Waals surface area contributed by atoms with Gasteiger partial charge in [0.15, 0.2) is 5.17 Å². The molecular weight excluding hydrogens is 486 g/mol. The Morgan fingerprint density at radius 3 is 2.49 bits per heavy atom. The number of nitrogens with one attached hydrogen (secondary N) is 2. The zero-order valence-electron chi connectivity index (χ0n) is 23.7. The minimum absolute atomic E-state index is 0.0547. The monoisotopic (exact) mass is 537 g/mol. The van der Waals surface area contributed by atoms with Crippen molar-refractivity contribution < 1.29 is 9.90 Å². The van der Waals surface area contributed by atoms with Gasteiger partial charge in [0.25, 0.3) is 0 Å². The summed E-state index contributed by atoms with van der Waals surface area (Å²) >= 11 is 1.57. The molecule has 212 valence electrons. The van der Waals surface area contributed by atoms with Crippen molar-refractivity contribution in [1.82, 2.24) is 20.3 Å². The van der Waals surface area contributed by atoms with Crippen LogP contribution in [0.3, 0.4) is 0 Å². The highest BCUT2D eigenvalue weighted by molar-refractivity contribution is 8.14. The molecule has 1 heterocycles. The van der Waals surface area contributed by atoms with Gasteiger partial charge >= 0.3 is 0 Å². The lowest BCUT2D eigenvalue weighted by atomic mass is 10.0. The zero-order chi connectivity index (χ0) is 27.6. The molecule has 0 aliphatic heterocycles. The number of carbonyl (C=O) groups excluding carboxylic acids is 1. The van der Waals surface area contributed by atoms with Gasteiger partial charge in [0.05, 0.1) is 11.7 Å². The van der Waals surface area contributed by atoms with E-state index in [4.69, 9.17) is 11.1 Å². The number of amidine groups is 1. The smallest absolute Gasteiger partial charge is 0.234 e. The maximum atomic E-state index is 11.4. The van der Waals surface area contributed by atoms with Crippen molar-refractivity contribution in [3.8, 4) is 0 Å².